The third-order valence-electron chi connectivity index (χ3n) is 4.99. The minimum absolute atomic E-state index is 0.222. The number of aliphatic carboxylic acids is 1. The molecular formula is C25H33FO5Si. The Balaban J connectivity index is 1.96. The summed E-state index contributed by atoms with van der Waals surface area (Å²) in [5.74, 6) is -1.21. The molecule has 0 unspecified atom stereocenters. The predicted octanol–water partition coefficient (Wildman–Crippen LogP) is 5.96. The summed E-state index contributed by atoms with van der Waals surface area (Å²) in [5.41, 5.74) is 3.13. The van der Waals surface area contributed by atoms with Crippen LogP contribution in [-0.2, 0) is 24.5 Å². The normalized spacial score (nSPS) is 11.9. The molecule has 2 rings (SSSR count). The van der Waals surface area contributed by atoms with Crippen molar-refractivity contribution in [1.29, 1.82) is 0 Å². The lowest BCUT2D eigenvalue weighted by atomic mass is 10.00. The molecule has 0 radical (unpaired) electrons. The Hall–Kier alpha value is -2.32. The van der Waals surface area contributed by atoms with Gasteiger partial charge in [0.1, 0.15) is 5.82 Å². The van der Waals surface area contributed by atoms with E-state index in [0.717, 1.165) is 41.7 Å². The maximum atomic E-state index is 14.7. The number of rotatable bonds is 14. The lowest BCUT2D eigenvalue weighted by Crippen LogP contribution is -2.45. The van der Waals surface area contributed by atoms with Crippen molar-refractivity contribution in [3.8, 4) is 11.1 Å². The Labute approximate surface area is 191 Å². The van der Waals surface area contributed by atoms with Crippen LogP contribution in [0.15, 0.2) is 48.5 Å². The summed E-state index contributed by atoms with van der Waals surface area (Å²) in [4.78, 5) is 10.6. The fraction of sp³-hybridized carbons (Fsp3) is 0.400. The van der Waals surface area contributed by atoms with Crippen LogP contribution >= 0.6 is 0 Å². The van der Waals surface area contributed by atoms with Crippen LogP contribution in [-0.4, -0.2) is 39.7 Å². The van der Waals surface area contributed by atoms with E-state index in [1.165, 1.54) is 6.08 Å². The van der Waals surface area contributed by atoms with Crippen molar-refractivity contribution in [3.63, 3.8) is 0 Å². The Morgan fingerprint density at radius 2 is 1.53 bits per heavy atom. The van der Waals surface area contributed by atoms with Crippen molar-refractivity contribution < 1.29 is 27.6 Å². The number of hydrogen-bond acceptors (Lipinski definition) is 4. The Kier molecular flexibility index (Phi) is 10.8. The van der Waals surface area contributed by atoms with Gasteiger partial charge in [-0.1, -0.05) is 36.4 Å². The summed E-state index contributed by atoms with van der Waals surface area (Å²) < 4.78 is 32.3. The molecule has 0 spiro atoms. The van der Waals surface area contributed by atoms with Gasteiger partial charge in [-0.25, -0.2) is 9.18 Å². The highest BCUT2D eigenvalue weighted by Crippen LogP contribution is 2.25. The third-order valence-corrected chi connectivity index (χ3v) is 8.14. The zero-order valence-corrected chi connectivity index (χ0v) is 20.1. The predicted molar refractivity (Wildman–Crippen MR) is 127 cm³/mol. The highest BCUT2D eigenvalue weighted by molar-refractivity contribution is 6.60. The minimum atomic E-state index is -2.65. The number of halogens is 1. The molecule has 0 saturated heterocycles. The molecule has 0 aliphatic carbocycles. The average Bonchev–Trinajstić information content (AvgIpc) is 2.77. The SMILES string of the molecule is CCO[Si](CCCCc1ccc(-c2ccc(/C=C/C(=O)O)cc2)cc1F)(OCC)OCC. The largest absolute Gasteiger partial charge is 0.500 e. The Bertz CT molecular complexity index is 865. The summed E-state index contributed by atoms with van der Waals surface area (Å²) in [6.07, 6.45) is 4.92. The van der Waals surface area contributed by atoms with E-state index >= 15 is 0 Å². The summed E-state index contributed by atoms with van der Waals surface area (Å²) in [7, 11) is -2.65. The van der Waals surface area contributed by atoms with Crippen molar-refractivity contribution in [2.24, 2.45) is 0 Å². The highest BCUT2D eigenvalue weighted by atomic mass is 28.4. The number of carboxylic acid groups (broad SMARTS) is 1. The van der Waals surface area contributed by atoms with Gasteiger partial charge in [0.05, 0.1) is 0 Å². The number of benzene rings is 2. The van der Waals surface area contributed by atoms with E-state index in [-0.39, 0.29) is 5.82 Å². The van der Waals surface area contributed by atoms with Crippen molar-refractivity contribution in [2.45, 2.75) is 46.1 Å². The molecule has 174 valence electrons. The van der Waals surface area contributed by atoms with E-state index < -0.39 is 14.8 Å². The smallest absolute Gasteiger partial charge is 0.478 e. The quantitative estimate of drug-likeness (QED) is 0.214. The molecule has 0 atom stereocenters. The highest BCUT2D eigenvalue weighted by Gasteiger charge is 2.39. The second-order valence-corrected chi connectivity index (χ2v) is 10.0. The van der Waals surface area contributed by atoms with Gasteiger partial charge in [-0.15, -0.1) is 0 Å². The van der Waals surface area contributed by atoms with Crippen LogP contribution in [0.5, 0.6) is 0 Å². The van der Waals surface area contributed by atoms with E-state index in [9.17, 15) is 9.18 Å². The number of aryl methyl sites for hydroxylation is 1. The standard InChI is InChI=1S/C25H33FO5Si/c1-4-29-32(30-5-2,31-6-3)18-8-7-9-22-15-16-23(19-24(22)26)21-13-10-20(11-14-21)12-17-25(27)28/h10-17,19H,4-9,18H2,1-3H3,(H,27,28)/b17-12+. The lowest BCUT2D eigenvalue weighted by molar-refractivity contribution is -0.131. The van der Waals surface area contributed by atoms with Crippen LogP contribution in [0.2, 0.25) is 6.04 Å². The van der Waals surface area contributed by atoms with E-state index in [4.69, 9.17) is 18.4 Å². The first-order valence-electron chi connectivity index (χ1n) is 11.1. The fourth-order valence-corrected chi connectivity index (χ4v) is 6.23. The van der Waals surface area contributed by atoms with E-state index in [2.05, 4.69) is 0 Å². The average molecular weight is 461 g/mol. The topological polar surface area (TPSA) is 65.0 Å². The maximum Gasteiger partial charge on any atom is 0.500 e. The van der Waals surface area contributed by atoms with Crippen molar-refractivity contribution in [2.75, 3.05) is 19.8 Å². The Morgan fingerprint density at radius 1 is 0.938 bits per heavy atom. The van der Waals surface area contributed by atoms with Gasteiger partial charge in [0.25, 0.3) is 0 Å². The molecular weight excluding hydrogens is 427 g/mol. The van der Waals surface area contributed by atoms with Gasteiger partial charge < -0.3 is 18.4 Å². The van der Waals surface area contributed by atoms with Gasteiger partial charge in [-0.05, 0) is 74.4 Å². The zero-order valence-electron chi connectivity index (χ0n) is 19.1. The summed E-state index contributed by atoms with van der Waals surface area (Å²) in [5, 5.41) is 8.71. The van der Waals surface area contributed by atoms with Crippen LogP contribution in [0.1, 0.15) is 44.7 Å². The molecule has 0 saturated carbocycles. The van der Waals surface area contributed by atoms with E-state index in [1.54, 1.807) is 6.07 Å². The second-order valence-electron chi connectivity index (χ2n) is 7.29. The van der Waals surface area contributed by atoms with Gasteiger partial charge in [-0.2, -0.15) is 0 Å². The molecule has 0 heterocycles. The molecule has 5 nitrogen and oxygen atoms in total. The first-order valence-corrected chi connectivity index (χ1v) is 13.1. The number of hydrogen-bond donors (Lipinski definition) is 1. The number of unbranched alkanes of at least 4 members (excludes halogenated alkanes) is 1. The van der Waals surface area contributed by atoms with Crippen molar-refractivity contribution >= 4 is 20.8 Å². The maximum absolute atomic E-state index is 14.7. The lowest BCUT2D eigenvalue weighted by Gasteiger charge is -2.28. The van der Waals surface area contributed by atoms with E-state index in [0.29, 0.717) is 31.8 Å². The summed E-state index contributed by atoms with van der Waals surface area (Å²) >= 11 is 0. The molecule has 2 aromatic carbocycles. The molecule has 0 amide bonds. The minimum Gasteiger partial charge on any atom is -0.478 e. The van der Waals surface area contributed by atoms with E-state index in [1.807, 2.05) is 57.2 Å². The van der Waals surface area contributed by atoms with Crippen LogP contribution in [0.25, 0.3) is 17.2 Å². The molecule has 0 aliphatic heterocycles. The monoisotopic (exact) mass is 460 g/mol. The zero-order chi connectivity index (χ0) is 23.4. The molecule has 0 fully saturated rings. The summed E-state index contributed by atoms with van der Waals surface area (Å²) in [6, 6.07) is 13.4. The van der Waals surface area contributed by atoms with Gasteiger partial charge in [0.15, 0.2) is 0 Å². The van der Waals surface area contributed by atoms with Gasteiger partial charge in [0.2, 0.25) is 0 Å². The summed E-state index contributed by atoms with van der Waals surface area (Å²) in [6.45, 7) is 7.49. The van der Waals surface area contributed by atoms with Crippen LogP contribution < -0.4 is 0 Å². The van der Waals surface area contributed by atoms with Crippen molar-refractivity contribution in [1.82, 2.24) is 0 Å². The molecule has 0 bridgehead atoms. The molecule has 2 aromatic rings. The molecule has 0 aromatic heterocycles. The van der Waals surface area contributed by atoms with Crippen LogP contribution in [0, 0.1) is 5.82 Å². The third kappa shape index (κ3) is 7.98. The van der Waals surface area contributed by atoms with Gasteiger partial charge in [0, 0.05) is 31.9 Å². The Morgan fingerprint density at radius 3 is 2.06 bits per heavy atom. The van der Waals surface area contributed by atoms with Crippen LogP contribution in [0.4, 0.5) is 4.39 Å². The molecule has 7 heteroatoms. The molecule has 0 aliphatic rings. The molecule has 1 N–H and O–H groups in total. The number of carbonyl (C=O) groups is 1. The van der Waals surface area contributed by atoms with Gasteiger partial charge >= 0.3 is 14.8 Å². The van der Waals surface area contributed by atoms with Gasteiger partial charge in [-0.3, -0.25) is 0 Å². The first-order chi connectivity index (χ1) is 15.4. The second kappa shape index (κ2) is 13.3. The number of carboxylic acids is 1. The first kappa shape index (κ1) is 25.9. The van der Waals surface area contributed by atoms with Crippen molar-refractivity contribution in [3.05, 3.63) is 65.5 Å². The van der Waals surface area contributed by atoms with Crippen LogP contribution in [0.3, 0.4) is 0 Å². The fourth-order valence-electron chi connectivity index (χ4n) is 3.54. The molecule has 32 heavy (non-hydrogen) atoms.